The molecule has 0 aliphatic carbocycles. The average Bonchev–Trinajstić information content (AvgIpc) is 3.13. The molecule has 0 radical (unpaired) electrons. The molecule has 0 saturated heterocycles. The number of ether oxygens (including phenoxy) is 4. The summed E-state index contributed by atoms with van der Waals surface area (Å²) >= 11 is 13.1. The number of Topliss-reactive ketones (excluding diaryl/α,β-unsaturated/α-hetero) is 2. The van der Waals surface area contributed by atoms with Gasteiger partial charge in [-0.05, 0) is 67.9 Å². The van der Waals surface area contributed by atoms with Crippen molar-refractivity contribution in [3.8, 4) is 34.1 Å². The first-order valence-electron chi connectivity index (χ1n) is 15.4. The van der Waals surface area contributed by atoms with Crippen LogP contribution in [0.4, 0.5) is 22.7 Å². The number of hydrogen-bond acceptors (Lipinski definition) is 12. The van der Waals surface area contributed by atoms with Crippen LogP contribution in [0, 0.1) is 0 Å². The van der Waals surface area contributed by atoms with Crippen LogP contribution in [0.1, 0.15) is 13.8 Å². The number of nitrogens with zero attached hydrogens (tertiary/aromatic N) is 4. The predicted molar refractivity (Wildman–Crippen MR) is 196 cm³/mol. The Morgan fingerprint density at radius 1 is 0.596 bits per heavy atom. The summed E-state index contributed by atoms with van der Waals surface area (Å²) in [6.07, 6.45) is 0. The first-order chi connectivity index (χ1) is 24.9. The molecule has 0 heterocycles. The molecule has 0 aliphatic rings. The number of rotatable bonds is 15. The fourth-order valence-corrected chi connectivity index (χ4v) is 5.22. The maximum atomic E-state index is 13.1. The van der Waals surface area contributed by atoms with E-state index in [2.05, 4.69) is 31.1 Å². The maximum Gasteiger partial charge on any atom is 0.259 e. The fraction of sp³-hybridized carbons (Fsp3) is 0.222. The van der Waals surface area contributed by atoms with Crippen LogP contribution in [0.25, 0.3) is 11.1 Å². The minimum atomic E-state index is -1.51. The first kappa shape index (κ1) is 38.9. The minimum absolute atomic E-state index is 0.119. The van der Waals surface area contributed by atoms with Gasteiger partial charge >= 0.3 is 0 Å². The number of carbonyl (C=O) groups is 4. The van der Waals surface area contributed by atoms with Crippen LogP contribution >= 0.6 is 23.2 Å². The van der Waals surface area contributed by atoms with Gasteiger partial charge in [0.25, 0.3) is 11.8 Å². The lowest BCUT2D eigenvalue weighted by molar-refractivity contribution is -0.127. The maximum absolute atomic E-state index is 13.1. The van der Waals surface area contributed by atoms with Gasteiger partial charge in [-0.3, -0.25) is 19.2 Å². The quantitative estimate of drug-likeness (QED) is 0.0905. The molecule has 0 saturated carbocycles. The van der Waals surface area contributed by atoms with Gasteiger partial charge in [-0.1, -0.05) is 47.5 Å². The third-order valence-corrected chi connectivity index (χ3v) is 8.02. The highest BCUT2D eigenvalue weighted by atomic mass is 35.5. The third kappa shape index (κ3) is 9.27. The van der Waals surface area contributed by atoms with E-state index in [9.17, 15) is 19.2 Å². The van der Waals surface area contributed by atoms with E-state index in [0.29, 0.717) is 39.8 Å². The average molecular weight is 750 g/mol. The third-order valence-electron chi connectivity index (χ3n) is 7.40. The number of azo groups is 2. The summed E-state index contributed by atoms with van der Waals surface area (Å²) in [7, 11) is 5.74. The number of nitrogens with one attached hydrogen (secondary N) is 2. The molecule has 0 aromatic heterocycles. The molecule has 0 spiro atoms. The largest absolute Gasteiger partial charge is 0.494 e. The molecule has 4 rings (SSSR count). The SMILES string of the molecule is COc1cccc(OC)c1NC(=O)C(N=Nc1ccc(-c2cc(Cl)c(N=NC(C(C)=O)C(=O)Nc3c(OC)cccc3OC)cc2Cl)cc1)C(C)=O. The van der Waals surface area contributed by atoms with Crippen LogP contribution in [0.5, 0.6) is 23.0 Å². The number of halogens is 2. The molecule has 2 amide bonds. The summed E-state index contributed by atoms with van der Waals surface area (Å²) in [6.45, 7) is 2.44. The van der Waals surface area contributed by atoms with Crippen LogP contribution in [0.2, 0.25) is 10.0 Å². The van der Waals surface area contributed by atoms with Crippen LogP contribution in [0.3, 0.4) is 0 Å². The number of ketones is 2. The summed E-state index contributed by atoms with van der Waals surface area (Å²) in [4.78, 5) is 50.9. The van der Waals surface area contributed by atoms with Crippen LogP contribution < -0.4 is 29.6 Å². The Balaban J connectivity index is 1.50. The van der Waals surface area contributed by atoms with Gasteiger partial charge < -0.3 is 29.6 Å². The van der Waals surface area contributed by atoms with Crippen molar-refractivity contribution in [2.45, 2.75) is 25.9 Å². The highest BCUT2D eigenvalue weighted by Gasteiger charge is 2.27. The van der Waals surface area contributed by atoms with Crippen molar-refractivity contribution < 1.29 is 38.1 Å². The summed E-state index contributed by atoms with van der Waals surface area (Å²) < 4.78 is 21.2. The van der Waals surface area contributed by atoms with E-state index in [1.54, 1.807) is 66.7 Å². The standard InChI is InChI=1S/C36H34Cl2N6O8/c1-19(45)31(35(47)39-33-27(49-3)9-7-10-28(33)50-4)43-41-22-15-13-21(14-16-22)23-17-25(38)26(18-24(23)37)42-44-32(20(2)46)36(48)40-34-29(51-5)11-8-12-30(34)52-6/h7-18,31-32H,1-6H3,(H,39,47)(H,40,48). The van der Waals surface area contributed by atoms with E-state index in [1.807, 2.05) is 0 Å². The molecule has 2 unspecified atom stereocenters. The Bertz CT molecular complexity index is 1990. The fourth-order valence-electron chi connectivity index (χ4n) is 4.75. The number of hydrogen-bond donors (Lipinski definition) is 2. The second-order valence-corrected chi connectivity index (χ2v) is 11.7. The second kappa shape index (κ2) is 17.9. The first-order valence-corrected chi connectivity index (χ1v) is 16.1. The monoisotopic (exact) mass is 748 g/mol. The molecule has 16 heteroatoms. The summed E-state index contributed by atoms with van der Waals surface area (Å²) in [5.74, 6) is -1.26. The molecule has 4 aromatic rings. The number of para-hydroxylation sites is 2. The van der Waals surface area contributed by atoms with Crippen molar-refractivity contribution in [3.63, 3.8) is 0 Å². The van der Waals surface area contributed by atoms with E-state index in [-0.39, 0.29) is 27.1 Å². The van der Waals surface area contributed by atoms with Gasteiger partial charge in [-0.25, -0.2) is 0 Å². The minimum Gasteiger partial charge on any atom is -0.494 e. The molecule has 0 bridgehead atoms. The molecule has 52 heavy (non-hydrogen) atoms. The summed E-state index contributed by atoms with van der Waals surface area (Å²) in [5.41, 5.74) is 2.13. The molecule has 0 fully saturated rings. The van der Waals surface area contributed by atoms with Gasteiger partial charge in [0, 0.05) is 5.56 Å². The topological polar surface area (TPSA) is 179 Å². The van der Waals surface area contributed by atoms with Gasteiger partial charge in [-0.2, -0.15) is 20.5 Å². The van der Waals surface area contributed by atoms with Gasteiger partial charge in [0.1, 0.15) is 40.1 Å². The van der Waals surface area contributed by atoms with E-state index < -0.39 is 35.5 Å². The molecule has 4 aromatic carbocycles. The summed E-state index contributed by atoms with van der Waals surface area (Å²) in [6, 6.07) is 16.5. The lowest BCUT2D eigenvalue weighted by Crippen LogP contribution is -2.32. The number of anilines is 2. The Hall–Kier alpha value is -5.86. The molecule has 14 nitrogen and oxygen atoms in total. The Morgan fingerprint density at radius 2 is 1.02 bits per heavy atom. The van der Waals surface area contributed by atoms with Crippen molar-refractivity contribution in [1.29, 1.82) is 0 Å². The zero-order chi connectivity index (χ0) is 37.9. The molecule has 0 aliphatic heterocycles. The molecule has 2 atom stereocenters. The van der Waals surface area contributed by atoms with Crippen molar-refractivity contribution in [1.82, 2.24) is 0 Å². The molecular formula is C36H34Cl2N6O8. The lowest BCUT2D eigenvalue weighted by Gasteiger charge is -2.15. The Morgan fingerprint density at radius 3 is 1.42 bits per heavy atom. The smallest absolute Gasteiger partial charge is 0.259 e. The van der Waals surface area contributed by atoms with Crippen LogP contribution in [0.15, 0.2) is 93.3 Å². The van der Waals surface area contributed by atoms with E-state index in [1.165, 1.54) is 48.4 Å². The predicted octanol–water partition coefficient (Wildman–Crippen LogP) is 8.05. The van der Waals surface area contributed by atoms with Gasteiger partial charge in [-0.15, -0.1) is 0 Å². The van der Waals surface area contributed by atoms with Gasteiger partial charge in [0.2, 0.25) is 12.1 Å². The normalized spacial score (nSPS) is 12.2. The Kier molecular flexibility index (Phi) is 13.4. The second-order valence-electron chi connectivity index (χ2n) is 10.8. The van der Waals surface area contributed by atoms with Crippen LogP contribution in [-0.4, -0.2) is 63.9 Å². The zero-order valence-electron chi connectivity index (χ0n) is 28.9. The Labute approximate surface area is 309 Å². The molecule has 270 valence electrons. The van der Waals surface area contributed by atoms with Crippen molar-refractivity contribution in [3.05, 3.63) is 82.8 Å². The zero-order valence-corrected chi connectivity index (χ0v) is 30.4. The van der Waals surface area contributed by atoms with E-state index >= 15 is 0 Å². The molecule has 2 N–H and O–H groups in total. The van der Waals surface area contributed by atoms with Gasteiger partial charge in [0.05, 0.1) is 44.2 Å². The van der Waals surface area contributed by atoms with E-state index in [4.69, 9.17) is 42.1 Å². The molecular weight excluding hydrogens is 715 g/mol. The number of amides is 2. The van der Waals surface area contributed by atoms with Crippen molar-refractivity contribution >= 4 is 69.3 Å². The van der Waals surface area contributed by atoms with Crippen molar-refractivity contribution in [2.24, 2.45) is 20.5 Å². The highest BCUT2D eigenvalue weighted by molar-refractivity contribution is 6.37. The number of benzene rings is 4. The number of carbonyl (C=O) groups excluding carboxylic acids is 4. The number of methoxy groups -OCH3 is 4. The summed E-state index contributed by atoms with van der Waals surface area (Å²) in [5, 5.41) is 21.8. The van der Waals surface area contributed by atoms with Crippen LogP contribution in [-0.2, 0) is 19.2 Å². The lowest BCUT2D eigenvalue weighted by atomic mass is 10.0. The highest BCUT2D eigenvalue weighted by Crippen LogP contribution is 2.39. The van der Waals surface area contributed by atoms with E-state index in [0.717, 1.165) is 0 Å². The van der Waals surface area contributed by atoms with Gasteiger partial charge in [0.15, 0.2) is 11.6 Å². The van der Waals surface area contributed by atoms with Crippen molar-refractivity contribution in [2.75, 3.05) is 39.1 Å².